The van der Waals surface area contributed by atoms with Gasteiger partial charge in [0.25, 0.3) is 0 Å². The third-order valence-electron chi connectivity index (χ3n) is 8.08. The highest BCUT2D eigenvalue weighted by atomic mass is 32.2. The number of anilines is 2. The van der Waals surface area contributed by atoms with Crippen molar-refractivity contribution in [1.29, 1.82) is 5.26 Å². The van der Waals surface area contributed by atoms with E-state index in [4.69, 9.17) is 4.74 Å². The van der Waals surface area contributed by atoms with Crippen LogP contribution < -0.4 is 16.0 Å². The summed E-state index contributed by atoms with van der Waals surface area (Å²) in [5, 5.41) is 18.9. The van der Waals surface area contributed by atoms with Crippen LogP contribution in [0, 0.1) is 29.1 Å². The van der Waals surface area contributed by atoms with Crippen LogP contribution >= 0.6 is 11.8 Å². The summed E-state index contributed by atoms with van der Waals surface area (Å²) in [4.78, 5) is 46.3. The fourth-order valence-electron chi connectivity index (χ4n) is 5.92. The zero-order valence-electron chi connectivity index (χ0n) is 22.2. The Labute approximate surface area is 227 Å². The van der Waals surface area contributed by atoms with Crippen molar-refractivity contribution in [2.45, 2.75) is 55.8 Å². The SMILES string of the molecule is CCNC(=O)C1C(C#N)C12SC1C(Nc3cccc(NC(=O)CN4COCC4(C)C)n3)CC1C(=O)N2CC. The number of hydrogen-bond donors (Lipinski definition) is 3. The van der Waals surface area contributed by atoms with E-state index in [1.165, 1.54) is 0 Å². The molecule has 3 amide bonds. The van der Waals surface area contributed by atoms with Crippen LogP contribution in [0.4, 0.5) is 11.6 Å². The first kappa shape index (κ1) is 26.7. The molecule has 3 N–H and O–H groups in total. The van der Waals surface area contributed by atoms with Gasteiger partial charge in [0, 0.05) is 29.9 Å². The minimum Gasteiger partial charge on any atom is -0.366 e. The van der Waals surface area contributed by atoms with Crippen LogP contribution in [0.3, 0.4) is 0 Å². The molecule has 1 spiro atoms. The molecule has 12 heteroatoms. The third-order valence-corrected chi connectivity index (χ3v) is 10.1. The summed E-state index contributed by atoms with van der Waals surface area (Å²) in [7, 11) is 0. The molecule has 4 fully saturated rings. The second kappa shape index (κ2) is 10.0. The zero-order valence-corrected chi connectivity index (χ0v) is 23.0. The molecule has 2 saturated heterocycles. The summed E-state index contributed by atoms with van der Waals surface area (Å²) in [5.74, 6) is -0.509. The van der Waals surface area contributed by atoms with Crippen molar-refractivity contribution in [3.8, 4) is 6.07 Å². The van der Waals surface area contributed by atoms with Crippen LogP contribution in [-0.2, 0) is 19.1 Å². The first-order chi connectivity index (χ1) is 18.2. The summed E-state index contributed by atoms with van der Waals surface area (Å²) < 4.78 is 5.49. The van der Waals surface area contributed by atoms with E-state index in [1.54, 1.807) is 22.7 Å². The van der Waals surface area contributed by atoms with Crippen molar-refractivity contribution in [2.75, 3.05) is 43.6 Å². The maximum absolute atomic E-state index is 13.4. The van der Waals surface area contributed by atoms with Crippen LogP contribution in [0.5, 0.6) is 0 Å². The van der Waals surface area contributed by atoms with Gasteiger partial charge in [-0.1, -0.05) is 6.07 Å². The van der Waals surface area contributed by atoms with E-state index in [0.29, 0.717) is 44.5 Å². The second-order valence-corrected chi connectivity index (χ2v) is 12.4. The molecule has 1 aromatic rings. The van der Waals surface area contributed by atoms with E-state index >= 15 is 0 Å². The van der Waals surface area contributed by atoms with E-state index in [-0.39, 0.29) is 47.0 Å². The predicted molar refractivity (Wildman–Crippen MR) is 143 cm³/mol. The first-order valence-electron chi connectivity index (χ1n) is 13.2. The number of fused-ring (bicyclic) bond motifs is 1. The molecule has 6 atom stereocenters. The molecule has 6 unspecified atom stereocenters. The molecular formula is C26H35N7O4S. The summed E-state index contributed by atoms with van der Waals surface area (Å²) in [5.41, 5.74) is -0.197. The minimum absolute atomic E-state index is 0.0177. The fourth-order valence-corrected chi connectivity index (χ4v) is 8.09. The van der Waals surface area contributed by atoms with Crippen LogP contribution in [0.2, 0.25) is 0 Å². The lowest BCUT2D eigenvalue weighted by Crippen LogP contribution is -2.64. The molecule has 1 aromatic heterocycles. The van der Waals surface area contributed by atoms with E-state index in [0.717, 1.165) is 0 Å². The van der Waals surface area contributed by atoms with Crippen molar-refractivity contribution < 1.29 is 19.1 Å². The smallest absolute Gasteiger partial charge is 0.239 e. The highest BCUT2D eigenvalue weighted by molar-refractivity contribution is 8.01. The Balaban J connectivity index is 1.26. The number of carbonyl (C=O) groups is 3. The molecule has 38 heavy (non-hydrogen) atoms. The highest BCUT2D eigenvalue weighted by Gasteiger charge is 2.77. The number of pyridine rings is 1. The Morgan fingerprint density at radius 1 is 1.29 bits per heavy atom. The van der Waals surface area contributed by atoms with Gasteiger partial charge in [0.2, 0.25) is 17.7 Å². The zero-order chi connectivity index (χ0) is 27.2. The summed E-state index contributed by atoms with van der Waals surface area (Å²) >= 11 is 1.59. The maximum atomic E-state index is 13.4. The number of ether oxygens (including phenoxy) is 1. The summed E-state index contributed by atoms with van der Waals surface area (Å²) in [6, 6.07) is 7.64. The number of hydrogen-bond acceptors (Lipinski definition) is 9. The predicted octanol–water partition coefficient (Wildman–Crippen LogP) is 1.45. The van der Waals surface area contributed by atoms with Crippen molar-refractivity contribution in [1.82, 2.24) is 20.1 Å². The maximum Gasteiger partial charge on any atom is 0.239 e. The Kier molecular flexibility index (Phi) is 7.04. The van der Waals surface area contributed by atoms with Gasteiger partial charge >= 0.3 is 0 Å². The summed E-state index contributed by atoms with van der Waals surface area (Å²) in [6.45, 7) is 9.98. The number of nitriles is 1. The monoisotopic (exact) mass is 541 g/mol. The first-order valence-corrected chi connectivity index (χ1v) is 14.1. The van der Waals surface area contributed by atoms with E-state index < -0.39 is 16.7 Å². The van der Waals surface area contributed by atoms with E-state index in [1.807, 2.05) is 44.7 Å². The van der Waals surface area contributed by atoms with Crippen LogP contribution in [0.1, 0.15) is 34.1 Å². The Hall–Kier alpha value is -2.88. The molecule has 204 valence electrons. The van der Waals surface area contributed by atoms with Crippen LogP contribution in [0.15, 0.2) is 18.2 Å². The van der Waals surface area contributed by atoms with Crippen LogP contribution in [-0.4, -0.2) is 87.2 Å². The molecule has 2 aliphatic carbocycles. The van der Waals surface area contributed by atoms with Gasteiger partial charge in [0.1, 0.15) is 23.2 Å². The lowest BCUT2D eigenvalue weighted by Gasteiger charge is -2.53. The molecule has 2 saturated carbocycles. The quantitative estimate of drug-likeness (QED) is 0.446. The number of rotatable bonds is 8. The molecular weight excluding hydrogens is 506 g/mol. The molecule has 0 aromatic carbocycles. The molecule has 4 aliphatic rings. The average Bonchev–Trinajstić information content (AvgIpc) is 3.39. The van der Waals surface area contributed by atoms with Crippen molar-refractivity contribution in [3.63, 3.8) is 0 Å². The number of carbonyl (C=O) groups excluding carboxylic acids is 3. The molecule has 11 nitrogen and oxygen atoms in total. The Morgan fingerprint density at radius 3 is 2.71 bits per heavy atom. The molecule has 5 rings (SSSR count). The fraction of sp³-hybridized carbons (Fsp3) is 0.654. The van der Waals surface area contributed by atoms with Crippen molar-refractivity contribution >= 4 is 41.1 Å². The number of thioether (sulfide) groups is 1. The number of aromatic nitrogens is 1. The van der Waals surface area contributed by atoms with E-state index in [9.17, 15) is 19.6 Å². The van der Waals surface area contributed by atoms with Crippen molar-refractivity contribution in [3.05, 3.63) is 18.2 Å². The van der Waals surface area contributed by atoms with E-state index in [2.05, 4.69) is 27.0 Å². The molecule has 0 bridgehead atoms. The minimum atomic E-state index is -0.822. The van der Waals surface area contributed by atoms with Gasteiger partial charge in [0.05, 0.1) is 37.0 Å². The lowest BCUT2D eigenvalue weighted by molar-refractivity contribution is -0.141. The number of nitrogens with zero attached hydrogens (tertiary/aromatic N) is 4. The van der Waals surface area contributed by atoms with Gasteiger partial charge in [-0.2, -0.15) is 5.26 Å². The molecule has 0 radical (unpaired) electrons. The largest absolute Gasteiger partial charge is 0.366 e. The standard InChI is InChI=1S/C26H35N7O4S/c1-5-28-23(35)21-16(11-27)26(21)33(6-2)24(36)15-10-17(22(15)38-26)29-18-8-7-9-19(30-18)31-20(34)12-32-14-37-13-25(32,3)4/h7-9,15-17,21-22H,5-6,10,12-14H2,1-4H3,(H,28,35)(H2,29,30,31,34). The van der Waals surface area contributed by atoms with Gasteiger partial charge in [0.15, 0.2) is 0 Å². The van der Waals surface area contributed by atoms with Crippen LogP contribution in [0.25, 0.3) is 0 Å². The average molecular weight is 542 g/mol. The topological polar surface area (TPSA) is 140 Å². The normalized spacial score (nSPS) is 33.2. The molecule has 3 heterocycles. The second-order valence-electron chi connectivity index (χ2n) is 10.9. The Bertz CT molecular complexity index is 1170. The molecule has 2 aliphatic heterocycles. The third kappa shape index (κ3) is 4.40. The van der Waals surface area contributed by atoms with Gasteiger partial charge in [-0.3, -0.25) is 19.3 Å². The Morgan fingerprint density at radius 2 is 2.05 bits per heavy atom. The number of amides is 3. The number of nitrogens with one attached hydrogen (secondary N) is 3. The van der Waals surface area contributed by atoms with Gasteiger partial charge in [-0.05, 0) is 46.2 Å². The highest BCUT2D eigenvalue weighted by Crippen LogP contribution is 2.68. The van der Waals surface area contributed by atoms with Gasteiger partial charge in [-0.25, -0.2) is 4.98 Å². The van der Waals surface area contributed by atoms with Crippen molar-refractivity contribution in [2.24, 2.45) is 17.8 Å². The van der Waals surface area contributed by atoms with Gasteiger partial charge in [-0.15, -0.1) is 11.8 Å². The summed E-state index contributed by atoms with van der Waals surface area (Å²) in [6.07, 6.45) is 0.647. The lowest BCUT2D eigenvalue weighted by atomic mass is 9.78. The van der Waals surface area contributed by atoms with Gasteiger partial charge < -0.3 is 25.6 Å².